The summed E-state index contributed by atoms with van der Waals surface area (Å²) in [5, 5.41) is 1.09. The highest BCUT2D eigenvalue weighted by Gasteiger charge is 2.32. The van der Waals surface area contributed by atoms with E-state index in [1.165, 1.54) is 4.70 Å². The average molecular weight is 330 g/mol. The number of nitrogens with zero attached hydrogens (tertiary/aromatic N) is 2. The van der Waals surface area contributed by atoms with Gasteiger partial charge in [-0.25, -0.2) is 4.98 Å². The maximum Gasteiger partial charge on any atom is 0.223 e. The molecule has 0 aliphatic carbocycles. The molecule has 0 spiro atoms. The molecule has 2 atom stereocenters. The Morgan fingerprint density at radius 3 is 3.04 bits per heavy atom. The second-order valence-corrected chi connectivity index (χ2v) is 7.50. The largest absolute Gasteiger partial charge is 0.378 e. The Hall–Kier alpha value is -1.46. The van der Waals surface area contributed by atoms with Crippen LogP contribution in [0.5, 0.6) is 0 Å². The zero-order valence-electron chi connectivity index (χ0n) is 13.2. The van der Waals surface area contributed by atoms with E-state index in [2.05, 4.69) is 6.07 Å². The molecule has 5 heteroatoms. The smallest absolute Gasteiger partial charge is 0.223 e. The Bertz CT molecular complexity index is 660. The summed E-state index contributed by atoms with van der Waals surface area (Å²) >= 11 is 1.73. The third kappa shape index (κ3) is 3.12. The first-order valence-corrected chi connectivity index (χ1v) is 9.39. The van der Waals surface area contributed by atoms with Crippen molar-refractivity contribution in [2.75, 3.05) is 13.2 Å². The number of para-hydroxylation sites is 1. The first kappa shape index (κ1) is 15.1. The number of carbonyl (C=O) groups excluding carboxylic acids is 1. The van der Waals surface area contributed by atoms with Crippen molar-refractivity contribution in [1.29, 1.82) is 0 Å². The quantitative estimate of drug-likeness (QED) is 0.853. The van der Waals surface area contributed by atoms with Crippen molar-refractivity contribution in [1.82, 2.24) is 9.88 Å². The topological polar surface area (TPSA) is 42.4 Å². The second-order valence-electron chi connectivity index (χ2n) is 6.44. The molecular weight excluding hydrogens is 308 g/mol. The molecule has 4 nitrogen and oxygen atoms in total. The Labute approximate surface area is 140 Å². The Balaban J connectivity index is 1.46. The number of ether oxygens (including phenoxy) is 1. The Morgan fingerprint density at radius 2 is 2.22 bits per heavy atom. The fourth-order valence-corrected chi connectivity index (χ4v) is 4.77. The zero-order valence-corrected chi connectivity index (χ0v) is 14.1. The summed E-state index contributed by atoms with van der Waals surface area (Å²) in [7, 11) is 0. The van der Waals surface area contributed by atoms with Crippen molar-refractivity contribution in [3.05, 3.63) is 29.3 Å². The van der Waals surface area contributed by atoms with Crippen molar-refractivity contribution in [2.45, 2.75) is 50.7 Å². The van der Waals surface area contributed by atoms with Crippen LogP contribution in [0.25, 0.3) is 10.2 Å². The van der Waals surface area contributed by atoms with E-state index in [1.807, 2.05) is 23.1 Å². The van der Waals surface area contributed by atoms with Gasteiger partial charge in [0.1, 0.15) is 5.01 Å². The number of likely N-dealkylation sites (tertiary alicyclic amines) is 1. The number of thiazole rings is 1. The van der Waals surface area contributed by atoms with Gasteiger partial charge < -0.3 is 9.64 Å². The van der Waals surface area contributed by atoms with Gasteiger partial charge in [-0.3, -0.25) is 4.79 Å². The van der Waals surface area contributed by atoms with Gasteiger partial charge in [0.15, 0.2) is 0 Å². The summed E-state index contributed by atoms with van der Waals surface area (Å²) in [4.78, 5) is 19.5. The van der Waals surface area contributed by atoms with E-state index in [0.29, 0.717) is 12.5 Å². The van der Waals surface area contributed by atoms with Crippen molar-refractivity contribution < 1.29 is 9.53 Å². The molecule has 2 aliphatic rings. The molecule has 2 aromatic rings. The molecule has 2 aliphatic heterocycles. The van der Waals surface area contributed by atoms with Crippen LogP contribution in [0.3, 0.4) is 0 Å². The van der Waals surface area contributed by atoms with Gasteiger partial charge in [-0.05, 0) is 44.2 Å². The first-order valence-electron chi connectivity index (χ1n) is 8.58. The van der Waals surface area contributed by atoms with Crippen LogP contribution < -0.4 is 0 Å². The SMILES string of the molecule is O=C(CC[C@@H]1CCCO1)N1CCC[C@@H]1c1nc2ccccc2s1. The number of hydrogen-bond acceptors (Lipinski definition) is 4. The highest BCUT2D eigenvalue weighted by atomic mass is 32.1. The van der Waals surface area contributed by atoms with E-state index in [1.54, 1.807) is 11.3 Å². The Kier molecular flexibility index (Phi) is 4.31. The lowest BCUT2D eigenvalue weighted by molar-refractivity contribution is -0.132. The van der Waals surface area contributed by atoms with E-state index in [4.69, 9.17) is 9.72 Å². The Morgan fingerprint density at radius 1 is 1.30 bits per heavy atom. The molecule has 23 heavy (non-hydrogen) atoms. The molecule has 0 unspecified atom stereocenters. The van der Waals surface area contributed by atoms with Crippen molar-refractivity contribution in [2.24, 2.45) is 0 Å². The number of fused-ring (bicyclic) bond motifs is 1. The summed E-state index contributed by atoms with van der Waals surface area (Å²) in [6, 6.07) is 8.39. The minimum atomic E-state index is 0.171. The van der Waals surface area contributed by atoms with Gasteiger partial charge >= 0.3 is 0 Å². The number of carbonyl (C=O) groups is 1. The van der Waals surface area contributed by atoms with E-state index in [9.17, 15) is 4.79 Å². The van der Waals surface area contributed by atoms with Crippen LogP contribution in [0.4, 0.5) is 0 Å². The summed E-state index contributed by atoms with van der Waals surface area (Å²) in [6.07, 6.45) is 6.11. The molecule has 1 aromatic carbocycles. The van der Waals surface area contributed by atoms with Crippen LogP contribution in [0.1, 0.15) is 49.6 Å². The van der Waals surface area contributed by atoms with Crippen LogP contribution in [0, 0.1) is 0 Å². The molecule has 0 radical (unpaired) electrons. The van der Waals surface area contributed by atoms with E-state index in [0.717, 1.165) is 55.8 Å². The normalized spacial score (nSPS) is 24.6. The van der Waals surface area contributed by atoms with Crippen LogP contribution >= 0.6 is 11.3 Å². The van der Waals surface area contributed by atoms with Crippen LogP contribution in [-0.2, 0) is 9.53 Å². The van der Waals surface area contributed by atoms with Crippen LogP contribution in [0.2, 0.25) is 0 Å². The number of aromatic nitrogens is 1. The minimum absolute atomic E-state index is 0.171. The average Bonchev–Trinajstić information content (AvgIpc) is 3.31. The van der Waals surface area contributed by atoms with Gasteiger partial charge in [-0.15, -0.1) is 11.3 Å². The monoisotopic (exact) mass is 330 g/mol. The highest BCUT2D eigenvalue weighted by Crippen LogP contribution is 2.37. The maximum absolute atomic E-state index is 12.6. The summed E-state index contributed by atoms with van der Waals surface area (Å²) < 4.78 is 6.85. The van der Waals surface area contributed by atoms with E-state index >= 15 is 0 Å². The standard InChI is InChI=1S/C18H22N2O2S/c21-17(10-9-13-5-4-12-22-13)20-11-3-7-15(20)18-19-14-6-1-2-8-16(14)23-18/h1-2,6,8,13,15H,3-5,7,9-12H2/t13-,15+/m0/s1. The van der Waals surface area contributed by atoms with Gasteiger partial charge in [-0.1, -0.05) is 12.1 Å². The van der Waals surface area contributed by atoms with Gasteiger partial charge in [0.05, 0.1) is 22.4 Å². The van der Waals surface area contributed by atoms with E-state index in [-0.39, 0.29) is 11.9 Å². The third-order valence-electron chi connectivity index (χ3n) is 4.87. The number of amides is 1. The van der Waals surface area contributed by atoms with Crippen molar-refractivity contribution in [3.8, 4) is 0 Å². The molecule has 0 bridgehead atoms. The molecule has 1 amide bonds. The lowest BCUT2D eigenvalue weighted by atomic mass is 10.1. The lowest BCUT2D eigenvalue weighted by Crippen LogP contribution is -2.31. The fraction of sp³-hybridized carbons (Fsp3) is 0.556. The molecule has 2 saturated heterocycles. The summed E-state index contributed by atoms with van der Waals surface area (Å²) in [6.45, 7) is 1.72. The fourth-order valence-electron chi connectivity index (χ4n) is 3.65. The van der Waals surface area contributed by atoms with Gasteiger partial charge in [-0.2, -0.15) is 0 Å². The van der Waals surface area contributed by atoms with Crippen LogP contribution in [0.15, 0.2) is 24.3 Å². The molecule has 0 N–H and O–H groups in total. The predicted molar refractivity (Wildman–Crippen MR) is 91.5 cm³/mol. The summed E-state index contributed by atoms with van der Waals surface area (Å²) in [5.74, 6) is 0.266. The second kappa shape index (κ2) is 6.57. The maximum atomic E-state index is 12.6. The van der Waals surface area contributed by atoms with Gasteiger partial charge in [0, 0.05) is 19.6 Å². The molecule has 3 heterocycles. The molecular formula is C18H22N2O2S. The third-order valence-corrected chi connectivity index (χ3v) is 6.01. The summed E-state index contributed by atoms with van der Waals surface area (Å²) in [5.41, 5.74) is 1.05. The minimum Gasteiger partial charge on any atom is -0.378 e. The molecule has 4 rings (SSSR count). The van der Waals surface area contributed by atoms with Gasteiger partial charge in [0.2, 0.25) is 5.91 Å². The predicted octanol–water partition coefficient (Wildman–Crippen LogP) is 3.92. The number of benzene rings is 1. The number of rotatable bonds is 4. The molecule has 122 valence electrons. The van der Waals surface area contributed by atoms with Crippen molar-refractivity contribution in [3.63, 3.8) is 0 Å². The van der Waals surface area contributed by atoms with Gasteiger partial charge in [0.25, 0.3) is 0 Å². The first-order chi connectivity index (χ1) is 11.3. The number of hydrogen-bond donors (Lipinski definition) is 0. The van der Waals surface area contributed by atoms with E-state index < -0.39 is 0 Å². The molecule has 2 fully saturated rings. The van der Waals surface area contributed by atoms with Crippen LogP contribution in [-0.4, -0.2) is 35.0 Å². The highest BCUT2D eigenvalue weighted by molar-refractivity contribution is 7.18. The lowest BCUT2D eigenvalue weighted by Gasteiger charge is -2.23. The zero-order chi connectivity index (χ0) is 15.6. The van der Waals surface area contributed by atoms with Crippen molar-refractivity contribution >= 4 is 27.5 Å². The molecule has 0 saturated carbocycles. The molecule has 1 aromatic heterocycles.